The summed E-state index contributed by atoms with van der Waals surface area (Å²) in [6.07, 6.45) is 0. The number of aromatic nitrogens is 2. The molecule has 0 fully saturated rings. The van der Waals surface area contributed by atoms with Crippen LogP contribution < -0.4 is 0 Å². The molecule has 0 aliphatic carbocycles. The van der Waals surface area contributed by atoms with Crippen molar-refractivity contribution in [2.24, 2.45) is 0 Å². The fraction of sp³-hybridized carbons (Fsp3) is 0. The van der Waals surface area contributed by atoms with Crippen LogP contribution in [0.5, 0.6) is 0 Å². The van der Waals surface area contributed by atoms with Gasteiger partial charge in [0.15, 0.2) is 0 Å². The molecule has 4 nitrogen and oxygen atoms in total. The Labute approximate surface area is 347 Å². The Kier molecular flexibility index (Phi) is 5.90. The predicted octanol–water partition coefficient (Wildman–Crippen LogP) is 16.4. The van der Waals surface area contributed by atoms with Gasteiger partial charge in [-0.2, -0.15) is 0 Å². The molecule has 0 unspecified atom stereocenters. The van der Waals surface area contributed by atoms with Crippen molar-refractivity contribution in [1.82, 2.24) is 9.13 Å². The quantitative estimate of drug-likeness (QED) is 0.175. The maximum atomic E-state index is 6.85. The van der Waals surface area contributed by atoms with Gasteiger partial charge in [-0.1, -0.05) is 84.9 Å². The van der Waals surface area contributed by atoms with Crippen LogP contribution in [0.3, 0.4) is 0 Å². The molecule has 0 radical (unpaired) electrons. The average Bonchev–Trinajstić information content (AvgIpc) is 4.14. The number of hydrogen-bond donors (Lipinski definition) is 0. The Morgan fingerprint density at radius 3 is 1.40 bits per heavy atom. The summed E-state index contributed by atoms with van der Waals surface area (Å²) in [5, 5.41) is 14.6. The molecule has 0 aliphatic rings. The highest BCUT2D eigenvalue weighted by molar-refractivity contribution is 7.27. The summed E-state index contributed by atoms with van der Waals surface area (Å²) in [5.41, 5.74) is 10.3. The standard InChI is InChI=1S/C54H28N2O2S2/c1-5-13-40-36(11-1)49-42(22-19-34-31-9-3-7-15-47(31)59-53(34)49)55(40)29-17-24-44-38(27-29)33-21-26-46-51(52(33)58-44)39-28-30(18-25-45(39)57-46)56-41-14-6-2-12-37(41)50-43(56)23-20-35-32-10-4-8-16-48(32)60-54(35)50/h1-28H. The summed E-state index contributed by atoms with van der Waals surface area (Å²) in [4.78, 5) is 0. The summed E-state index contributed by atoms with van der Waals surface area (Å²) in [5.74, 6) is 0. The molecule has 6 heterocycles. The minimum absolute atomic E-state index is 0.817. The van der Waals surface area contributed by atoms with Crippen molar-refractivity contribution in [1.29, 1.82) is 0 Å². The topological polar surface area (TPSA) is 36.1 Å². The minimum atomic E-state index is 0.817. The molecule has 9 aromatic carbocycles. The second-order valence-corrected chi connectivity index (χ2v) is 18.1. The lowest BCUT2D eigenvalue weighted by Crippen LogP contribution is -1.93. The Balaban J connectivity index is 0.954. The first kappa shape index (κ1) is 31.6. The Bertz CT molecular complexity index is 4380. The molecule has 6 aromatic heterocycles. The van der Waals surface area contributed by atoms with Crippen LogP contribution >= 0.6 is 22.7 Å². The van der Waals surface area contributed by atoms with Gasteiger partial charge >= 0.3 is 0 Å². The molecule has 0 aliphatic heterocycles. The summed E-state index contributed by atoms with van der Waals surface area (Å²) in [6.45, 7) is 0. The van der Waals surface area contributed by atoms with Gasteiger partial charge in [-0.05, 0) is 84.9 Å². The van der Waals surface area contributed by atoms with E-state index in [1.54, 1.807) is 0 Å². The number of benzene rings is 9. The Morgan fingerprint density at radius 1 is 0.317 bits per heavy atom. The van der Waals surface area contributed by atoms with Crippen LogP contribution in [-0.2, 0) is 0 Å². The number of para-hydroxylation sites is 2. The zero-order valence-corrected chi connectivity index (χ0v) is 33.3. The molecule has 0 N–H and O–H groups in total. The van der Waals surface area contributed by atoms with Crippen LogP contribution in [0.4, 0.5) is 0 Å². The minimum Gasteiger partial charge on any atom is -0.456 e. The van der Waals surface area contributed by atoms with E-state index in [0.29, 0.717) is 0 Å². The zero-order valence-electron chi connectivity index (χ0n) is 31.7. The number of furan rings is 2. The van der Waals surface area contributed by atoms with Crippen molar-refractivity contribution in [2.45, 2.75) is 0 Å². The smallest absolute Gasteiger partial charge is 0.147 e. The van der Waals surface area contributed by atoms with E-state index in [-0.39, 0.29) is 0 Å². The molecule has 15 rings (SSSR count). The molecule has 6 heteroatoms. The van der Waals surface area contributed by atoms with Crippen LogP contribution in [0.25, 0.3) is 139 Å². The van der Waals surface area contributed by atoms with Crippen LogP contribution in [0.2, 0.25) is 0 Å². The van der Waals surface area contributed by atoms with E-state index in [2.05, 4.69) is 179 Å². The SMILES string of the molecule is c1ccc2c(c1)sc1c2ccc2c1c1ccccc1n2-c1ccc2oc3c(ccc4oc5ccc(-n6c7ccccc7c7c8sc9ccccc9c8ccc76)cc5c43)c2c1. The van der Waals surface area contributed by atoms with Gasteiger partial charge in [0.05, 0.1) is 27.5 Å². The van der Waals surface area contributed by atoms with Crippen molar-refractivity contribution in [3.8, 4) is 11.4 Å². The van der Waals surface area contributed by atoms with Crippen molar-refractivity contribution >= 4 is 151 Å². The van der Waals surface area contributed by atoms with Gasteiger partial charge in [0, 0.05) is 89.4 Å². The monoisotopic (exact) mass is 800 g/mol. The number of thiophene rings is 2. The summed E-state index contributed by atoms with van der Waals surface area (Å²) in [7, 11) is 0. The lowest BCUT2D eigenvalue weighted by atomic mass is 10.1. The molecule has 15 aromatic rings. The highest BCUT2D eigenvalue weighted by Crippen LogP contribution is 2.47. The third-order valence-corrected chi connectivity index (χ3v) is 15.3. The van der Waals surface area contributed by atoms with Gasteiger partial charge in [-0.25, -0.2) is 0 Å². The Hall–Kier alpha value is -7.38. The van der Waals surface area contributed by atoms with Crippen molar-refractivity contribution < 1.29 is 8.83 Å². The largest absolute Gasteiger partial charge is 0.456 e. The predicted molar refractivity (Wildman–Crippen MR) is 255 cm³/mol. The molecule has 0 spiro atoms. The van der Waals surface area contributed by atoms with Crippen LogP contribution in [0, 0.1) is 0 Å². The fourth-order valence-corrected chi connectivity index (χ4v) is 12.9. The summed E-state index contributed by atoms with van der Waals surface area (Å²) in [6, 6.07) is 61.8. The molecular weight excluding hydrogens is 773 g/mol. The molecule has 0 saturated carbocycles. The zero-order chi connectivity index (χ0) is 38.8. The van der Waals surface area contributed by atoms with Gasteiger partial charge in [0.25, 0.3) is 0 Å². The van der Waals surface area contributed by atoms with E-state index in [1.165, 1.54) is 84.0 Å². The molecular formula is C54H28N2O2S2. The summed E-state index contributed by atoms with van der Waals surface area (Å²) < 4.78 is 23.5. The third-order valence-electron chi connectivity index (χ3n) is 12.9. The fourth-order valence-electron chi connectivity index (χ4n) is 10.4. The number of fused-ring (bicyclic) bond motifs is 21. The van der Waals surface area contributed by atoms with Gasteiger partial charge in [-0.3, -0.25) is 0 Å². The van der Waals surface area contributed by atoms with Crippen LogP contribution in [0.1, 0.15) is 0 Å². The van der Waals surface area contributed by atoms with Crippen LogP contribution in [-0.4, -0.2) is 9.13 Å². The third kappa shape index (κ3) is 3.95. The first-order valence-corrected chi connectivity index (χ1v) is 21.9. The first-order chi connectivity index (χ1) is 29.7. The van der Waals surface area contributed by atoms with Crippen molar-refractivity contribution in [2.75, 3.05) is 0 Å². The molecule has 0 amide bonds. The second kappa shape index (κ2) is 11.2. The highest BCUT2D eigenvalue weighted by atomic mass is 32.1. The maximum Gasteiger partial charge on any atom is 0.147 e. The number of nitrogens with zero attached hydrogens (tertiary/aromatic N) is 2. The highest BCUT2D eigenvalue weighted by Gasteiger charge is 2.22. The molecule has 0 bridgehead atoms. The number of rotatable bonds is 2. The van der Waals surface area contributed by atoms with Crippen molar-refractivity contribution in [3.63, 3.8) is 0 Å². The van der Waals surface area contributed by atoms with E-state index < -0.39 is 0 Å². The van der Waals surface area contributed by atoms with Crippen molar-refractivity contribution in [3.05, 3.63) is 170 Å². The van der Waals surface area contributed by atoms with Gasteiger partial charge in [-0.15, -0.1) is 22.7 Å². The number of hydrogen-bond acceptors (Lipinski definition) is 4. The summed E-state index contributed by atoms with van der Waals surface area (Å²) >= 11 is 3.77. The second-order valence-electron chi connectivity index (χ2n) is 16.0. The molecule has 278 valence electrons. The normalized spacial score (nSPS) is 12.7. The van der Waals surface area contributed by atoms with Gasteiger partial charge in [0.1, 0.15) is 22.3 Å². The van der Waals surface area contributed by atoms with E-state index in [0.717, 1.165) is 55.3 Å². The maximum absolute atomic E-state index is 6.85. The van der Waals surface area contributed by atoms with E-state index >= 15 is 0 Å². The first-order valence-electron chi connectivity index (χ1n) is 20.2. The Morgan fingerprint density at radius 2 is 0.800 bits per heavy atom. The average molecular weight is 801 g/mol. The van der Waals surface area contributed by atoms with Gasteiger partial charge in [0.2, 0.25) is 0 Å². The molecule has 0 atom stereocenters. The van der Waals surface area contributed by atoms with Crippen LogP contribution in [0.15, 0.2) is 179 Å². The van der Waals surface area contributed by atoms with Gasteiger partial charge < -0.3 is 18.0 Å². The van der Waals surface area contributed by atoms with E-state index in [9.17, 15) is 0 Å². The molecule has 60 heavy (non-hydrogen) atoms. The lowest BCUT2D eigenvalue weighted by Gasteiger charge is -2.08. The molecule has 0 saturated heterocycles. The lowest BCUT2D eigenvalue weighted by molar-refractivity contribution is 0.662. The van der Waals surface area contributed by atoms with E-state index in [1.807, 2.05) is 22.7 Å². The van der Waals surface area contributed by atoms with E-state index in [4.69, 9.17) is 8.83 Å².